The van der Waals surface area contributed by atoms with Crippen molar-refractivity contribution in [3.8, 4) is 11.5 Å². The molecule has 1 aliphatic heterocycles. The molecule has 156 valence electrons. The highest BCUT2D eigenvalue weighted by Gasteiger charge is 2.38. The lowest BCUT2D eigenvalue weighted by Crippen LogP contribution is -2.38. The van der Waals surface area contributed by atoms with Gasteiger partial charge in [0.25, 0.3) is 17.7 Å². The van der Waals surface area contributed by atoms with E-state index in [9.17, 15) is 19.2 Å². The zero-order valence-corrected chi connectivity index (χ0v) is 16.5. The number of imide groups is 1. The summed E-state index contributed by atoms with van der Waals surface area (Å²) in [5.74, 6) is -2.08. The standard InChI is InChI=1S/C21H20N2O7/c1-3-28-16-10-9-13(11-17(16)29-4-2)19(25)22-12-18(24)30-23-20(26)14-7-5-6-8-15(14)21(23)27/h5-11H,3-4,12H2,1-2H3,(H,22,25). The van der Waals surface area contributed by atoms with Crippen molar-refractivity contribution in [2.24, 2.45) is 0 Å². The van der Waals surface area contributed by atoms with Crippen molar-refractivity contribution in [1.82, 2.24) is 10.4 Å². The highest BCUT2D eigenvalue weighted by atomic mass is 16.7. The minimum atomic E-state index is -0.964. The van der Waals surface area contributed by atoms with Crippen LogP contribution < -0.4 is 14.8 Å². The summed E-state index contributed by atoms with van der Waals surface area (Å²) in [4.78, 5) is 53.7. The van der Waals surface area contributed by atoms with E-state index in [1.54, 1.807) is 25.1 Å². The average Bonchev–Trinajstić information content (AvgIpc) is 2.98. The minimum absolute atomic E-state index is 0.150. The fraction of sp³-hybridized carbons (Fsp3) is 0.238. The maximum atomic E-state index is 12.4. The van der Waals surface area contributed by atoms with Crippen molar-refractivity contribution in [2.45, 2.75) is 13.8 Å². The van der Waals surface area contributed by atoms with Gasteiger partial charge in [0.05, 0.1) is 24.3 Å². The highest BCUT2D eigenvalue weighted by Crippen LogP contribution is 2.28. The third-order valence-corrected chi connectivity index (χ3v) is 4.15. The Balaban J connectivity index is 1.60. The van der Waals surface area contributed by atoms with Crippen molar-refractivity contribution < 1.29 is 33.5 Å². The molecule has 0 aliphatic carbocycles. The molecular weight excluding hydrogens is 392 g/mol. The molecule has 3 amide bonds. The molecule has 0 aromatic heterocycles. The number of ether oxygens (including phenoxy) is 2. The summed E-state index contributed by atoms with van der Waals surface area (Å²) < 4.78 is 10.9. The van der Waals surface area contributed by atoms with E-state index in [2.05, 4.69) is 5.32 Å². The predicted octanol–water partition coefficient (Wildman–Crippen LogP) is 1.97. The van der Waals surface area contributed by atoms with Crippen LogP contribution in [0.15, 0.2) is 42.5 Å². The van der Waals surface area contributed by atoms with E-state index in [-0.39, 0.29) is 16.7 Å². The third-order valence-electron chi connectivity index (χ3n) is 4.15. The van der Waals surface area contributed by atoms with E-state index in [1.807, 2.05) is 6.92 Å². The first kappa shape index (κ1) is 20.8. The predicted molar refractivity (Wildman–Crippen MR) is 104 cm³/mol. The fourth-order valence-electron chi connectivity index (χ4n) is 2.83. The Morgan fingerprint density at radius 2 is 1.50 bits per heavy atom. The van der Waals surface area contributed by atoms with E-state index in [1.165, 1.54) is 24.3 Å². The Labute approximate surface area is 172 Å². The van der Waals surface area contributed by atoms with Gasteiger partial charge in [-0.2, -0.15) is 0 Å². The number of fused-ring (bicyclic) bond motifs is 1. The summed E-state index contributed by atoms with van der Waals surface area (Å²) in [6, 6.07) is 10.8. The molecule has 2 aromatic carbocycles. The molecule has 0 saturated heterocycles. The average molecular weight is 412 g/mol. The van der Waals surface area contributed by atoms with Crippen LogP contribution in [0.4, 0.5) is 0 Å². The first-order valence-corrected chi connectivity index (χ1v) is 9.32. The lowest BCUT2D eigenvalue weighted by molar-refractivity contribution is -0.167. The van der Waals surface area contributed by atoms with Gasteiger partial charge in [0, 0.05) is 5.56 Å². The number of carbonyl (C=O) groups is 4. The van der Waals surface area contributed by atoms with E-state index in [0.717, 1.165) is 0 Å². The quantitative estimate of drug-likeness (QED) is 0.660. The Bertz CT molecular complexity index is 968. The van der Waals surface area contributed by atoms with E-state index < -0.39 is 30.2 Å². The first-order valence-electron chi connectivity index (χ1n) is 9.32. The van der Waals surface area contributed by atoms with E-state index >= 15 is 0 Å². The van der Waals surface area contributed by atoms with Gasteiger partial charge in [-0.15, -0.1) is 0 Å². The van der Waals surface area contributed by atoms with Crippen LogP contribution in [0.3, 0.4) is 0 Å². The topological polar surface area (TPSA) is 111 Å². The largest absolute Gasteiger partial charge is 0.490 e. The van der Waals surface area contributed by atoms with Crippen molar-refractivity contribution in [2.75, 3.05) is 19.8 Å². The Kier molecular flexibility index (Phi) is 6.31. The summed E-state index contributed by atoms with van der Waals surface area (Å²) in [5.41, 5.74) is 0.546. The van der Waals surface area contributed by atoms with Crippen molar-refractivity contribution in [1.29, 1.82) is 0 Å². The smallest absolute Gasteiger partial charge is 0.352 e. The van der Waals surface area contributed by atoms with Crippen LogP contribution in [-0.2, 0) is 9.63 Å². The molecule has 3 rings (SSSR count). The lowest BCUT2D eigenvalue weighted by Gasteiger charge is -2.14. The first-order chi connectivity index (χ1) is 14.5. The van der Waals surface area contributed by atoms with Gasteiger partial charge in [0.15, 0.2) is 11.5 Å². The van der Waals surface area contributed by atoms with Crippen LogP contribution in [0.5, 0.6) is 11.5 Å². The van der Waals surface area contributed by atoms with Crippen molar-refractivity contribution in [3.63, 3.8) is 0 Å². The van der Waals surface area contributed by atoms with Crippen LogP contribution in [0.2, 0.25) is 0 Å². The van der Waals surface area contributed by atoms with Gasteiger partial charge in [-0.05, 0) is 44.2 Å². The summed E-state index contributed by atoms with van der Waals surface area (Å²) in [7, 11) is 0. The van der Waals surface area contributed by atoms with Gasteiger partial charge in [0.1, 0.15) is 6.54 Å². The number of benzene rings is 2. The van der Waals surface area contributed by atoms with Crippen LogP contribution in [0.25, 0.3) is 0 Å². The molecule has 2 aromatic rings. The van der Waals surface area contributed by atoms with E-state index in [0.29, 0.717) is 29.8 Å². The molecule has 1 aliphatic rings. The van der Waals surface area contributed by atoms with Crippen molar-refractivity contribution in [3.05, 3.63) is 59.2 Å². The molecule has 0 unspecified atom stereocenters. The number of hydrogen-bond acceptors (Lipinski definition) is 7. The summed E-state index contributed by atoms with van der Waals surface area (Å²) in [6.07, 6.45) is 0. The second kappa shape index (κ2) is 9.08. The van der Waals surface area contributed by atoms with Gasteiger partial charge in [-0.3, -0.25) is 14.4 Å². The molecule has 0 atom stereocenters. The number of amides is 3. The molecule has 9 heteroatoms. The van der Waals surface area contributed by atoms with Gasteiger partial charge >= 0.3 is 5.97 Å². The number of nitrogens with one attached hydrogen (secondary N) is 1. The van der Waals surface area contributed by atoms with Gasteiger partial charge < -0.3 is 19.6 Å². The molecule has 0 spiro atoms. The zero-order valence-electron chi connectivity index (χ0n) is 16.5. The third kappa shape index (κ3) is 4.24. The highest BCUT2D eigenvalue weighted by molar-refractivity contribution is 6.20. The van der Waals surface area contributed by atoms with Gasteiger partial charge in [0.2, 0.25) is 0 Å². The molecular formula is C21H20N2O7. The maximum Gasteiger partial charge on any atom is 0.352 e. The molecule has 30 heavy (non-hydrogen) atoms. The molecule has 0 bridgehead atoms. The van der Waals surface area contributed by atoms with Crippen LogP contribution in [-0.4, -0.2) is 48.5 Å². The summed E-state index contributed by atoms with van der Waals surface area (Å²) in [5, 5.41) is 2.78. The van der Waals surface area contributed by atoms with Crippen molar-refractivity contribution >= 4 is 23.7 Å². The summed E-state index contributed by atoms with van der Waals surface area (Å²) in [6.45, 7) is 3.92. The van der Waals surface area contributed by atoms with Crippen LogP contribution >= 0.6 is 0 Å². The molecule has 9 nitrogen and oxygen atoms in total. The Morgan fingerprint density at radius 1 is 0.900 bits per heavy atom. The second-order valence-corrected chi connectivity index (χ2v) is 6.12. The monoisotopic (exact) mass is 412 g/mol. The number of carbonyl (C=O) groups excluding carboxylic acids is 4. The number of hydroxylamine groups is 2. The molecule has 0 saturated carbocycles. The lowest BCUT2D eigenvalue weighted by atomic mass is 10.1. The van der Waals surface area contributed by atoms with Gasteiger partial charge in [-0.25, -0.2) is 4.79 Å². The number of rotatable bonds is 8. The van der Waals surface area contributed by atoms with E-state index in [4.69, 9.17) is 14.3 Å². The number of nitrogens with zero attached hydrogens (tertiary/aromatic N) is 1. The zero-order chi connectivity index (χ0) is 21.7. The maximum absolute atomic E-state index is 12.4. The van der Waals surface area contributed by atoms with Crippen LogP contribution in [0.1, 0.15) is 44.9 Å². The summed E-state index contributed by atoms with van der Waals surface area (Å²) >= 11 is 0. The minimum Gasteiger partial charge on any atom is -0.490 e. The Morgan fingerprint density at radius 3 is 2.10 bits per heavy atom. The normalized spacial score (nSPS) is 12.4. The number of hydrogen-bond donors (Lipinski definition) is 1. The molecule has 0 fully saturated rings. The molecule has 1 heterocycles. The van der Waals surface area contributed by atoms with Crippen LogP contribution in [0, 0.1) is 0 Å². The fourth-order valence-corrected chi connectivity index (χ4v) is 2.83. The second-order valence-electron chi connectivity index (χ2n) is 6.12. The van der Waals surface area contributed by atoms with Gasteiger partial charge in [-0.1, -0.05) is 17.2 Å². The molecule has 0 radical (unpaired) electrons. The molecule has 1 N–H and O–H groups in total. The Hall–Kier alpha value is -3.88. The SMILES string of the molecule is CCOc1ccc(C(=O)NCC(=O)ON2C(=O)c3ccccc3C2=O)cc1OCC.